The van der Waals surface area contributed by atoms with Gasteiger partial charge in [0.2, 0.25) is 0 Å². The van der Waals surface area contributed by atoms with Crippen LogP contribution in [0.25, 0.3) is 16.3 Å². The number of carbonyl (C=O) groups excluding carboxylic acids is 1. The average Bonchev–Trinajstić information content (AvgIpc) is 3.09. The number of thiazole rings is 1. The van der Waals surface area contributed by atoms with Crippen molar-refractivity contribution >= 4 is 50.3 Å². The molecular formula is C22H24ClN3OS. The van der Waals surface area contributed by atoms with Crippen molar-refractivity contribution in [2.75, 3.05) is 32.1 Å². The minimum atomic E-state index is -0.0876. The van der Waals surface area contributed by atoms with E-state index < -0.39 is 0 Å². The second kappa shape index (κ2) is 9.32. The molecule has 0 saturated heterocycles. The topological polar surface area (TPSA) is 36.4 Å². The van der Waals surface area contributed by atoms with Gasteiger partial charge in [-0.3, -0.25) is 9.69 Å². The van der Waals surface area contributed by atoms with Gasteiger partial charge in [-0.15, -0.1) is 0 Å². The number of benzene rings is 2. The lowest BCUT2D eigenvalue weighted by Gasteiger charge is -2.19. The third-order valence-electron chi connectivity index (χ3n) is 4.40. The minimum absolute atomic E-state index is 0.0876. The molecule has 0 unspecified atom stereocenters. The molecule has 0 aliphatic carbocycles. The number of carbonyl (C=O) groups is 1. The van der Waals surface area contributed by atoms with E-state index in [0.717, 1.165) is 39.4 Å². The molecule has 2 aromatic carbocycles. The fourth-order valence-electron chi connectivity index (χ4n) is 2.90. The van der Waals surface area contributed by atoms with Crippen LogP contribution in [0.2, 0.25) is 5.02 Å². The lowest BCUT2D eigenvalue weighted by atomic mass is 10.2. The zero-order valence-electron chi connectivity index (χ0n) is 16.4. The van der Waals surface area contributed by atoms with Crippen molar-refractivity contribution in [3.63, 3.8) is 0 Å². The van der Waals surface area contributed by atoms with Crippen molar-refractivity contribution in [1.82, 2.24) is 9.88 Å². The summed E-state index contributed by atoms with van der Waals surface area (Å²) in [6, 6.07) is 13.6. The highest BCUT2D eigenvalue weighted by atomic mass is 35.5. The molecular weight excluding hydrogens is 390 g/mol. The van der Waals surface area contributed by atoms with E-state index >= 15 is 0 Å². The predicted octanol–water partition coefficient (Wildman–Crippen LogP) is 5.26. The van der Waals surface area contributed by atoms with Crippen molar-refractivity contribution < 1.29 is 4.79 Å². The van der Waals surface area contributed by atoms with E-state index in [4.69, 9.17) is 16.6 Å². The summed E-state index contributed by atoms with van der Waals surface area (Å²) in [6.07, 6.45) is 4.21. The van der Waals surface area contributed by atoms with E-state index in [9.17, 15) is 4.79 Å². The lowest BCUT2D eigenvalue weighted by Crippen LogP contribution is -2.32. The average molecular weight is 414 g/mol. The van der Waals surface area contributed by atoms with Crippen LogP contribution in [0, 0.1) is 6.92 Å². The van der Waals surface area contributed by atoms with Crippen molar-refractivity contribution in [2.24, 2.45) is 0 Å². The third kappa shape index (κ3) is 4.98. The van der Waals surface area contributed by atoms with Gasteiger partial charge in [0.25, 0.3) is 5.91 Å². The van der Waals surface area contributed by atoms with Gasteiger partial charge in [-0.25, -0.2) is 4.98 Å². The van der Waals surface area contributed by atoms with Crippen LogP contribution in [0.1, 0.15) is 17.5 Å². The first kappa shape index (κ1) is 20.5. The summed E-state index contributed by atoms with van der Waals surface area (Å²) in [5, 5.41) is 1.36. The van der Waals surface area contributed by atoms with E-state index in [2.05, 4.69) is 4.90 Å². The molecule has 3 aromatic rings. The summed E-state index contributed by atoms with van der Waals surface area (Å²) in [4.78, 5) is 21.6. The van der Waals surface area contributed by atoms with Crippen LogP contribution in [0.4, 0.5) is 5.13 Å². The van der Waals surface area contributed by atoms with E-state index in [-0.39, 0.29) is 5.91 Å². The highest BCUT2D eigenvalue weighted by Crippen LogP contribution is 2.31. The van der Waals surface area contributed by atoms with Gasteiger partial charge >= 0.3 is 0 Å². The highest BCUT2D eigenvalue weighted by Gasteiger charge is 2.18. The Morgan fingerprint density at radius 2 is 1.93 bits per heavy atom. The fourth-order valence-corrected chi connectivity index (χ4v) is 4.17. The Balaban J connectivity index is 1.88. The van der Waals surface area contributed by atoms with Gasteiger partial charge in [-0.05, 0) is 63.3 Å². The Morgan fingerprint density at radius 3 is 2.64 bits per heavy atom. The number of halogens is 1. The number of fused-ring (bicyclic) bond motifs is 1. The summed E-state index contributed by atoms with van der Waals surface area (Å²) in [7, 11) is 4.06. The molecule has 4 nitrogen and oxygen atoms in total. The van der Waals surface area contributed by atoms with Crippen LogP contribution in [0.3, 0.4) is 0 Å². The maximum atomic E-state index is 13.0. The van der Waals surface area contributed by atoms with Gasteiger partial charge in [0.1, 0.15) is 0 Å². The molecule has 0 saturated carbocycles. The molecule has 1 amide bonds. The summed E-state index contributed by atoms with van der Waals surface area (Å²) < 4.78 is 1.09. The number of hydrogen-bond acceptors (Lipinski definition) is 4. The number of nitrogens with zero attached hydrogens (tertiary/aromatic N) is 3. The fraction of sp³-hybridized carbons (Fsp3) is 0.273. The van der Waals surface area contributed by atoms with Gasteiger partial charge in [-0.2, -0.15) is 0 Å². The van der Waals surface area contributed by atoms with E-state index in [1.54, 1.807) is 28.4 Å². The molecule has 0 radical (unpaired) electrons. The number of rotatable bonds is 7. The third-order valence-corrected chi connectivity index (χ3v) is 5.79. The van der Waals surface area contributed by atoms with E-state index in [1.165, 1.54) is 0 Å². The van der Waals surface area contributed by atoms with Crippen molar-refractivity contribution in [1.29, 1.82) is 0 Å². The van der Waals surface area contributed by atoms with Crippen LogP contribution in [0.15, 0.2) is 48.5 Å². The molecule has 6 heteroatoms. The quantitative estimate of drug-likeness (QED) is 0.496. The molecule has 1 heterocycles. The Kier molecular flexibility index (Phi) is 6.83. The number of aryl methyl sites for hydroxylation is 1. The maximum Gasteiger partial charge on any atom is 0.252 e. The molecule has 28 heavy (non-hydrogen) atoms. The summed E-state index contributed by atoms with van der Waals surface area (Å²) in [5.41, 5.74) is 2.90. The molecule has 0 aliphatic rings. The molecule has 0 spiro atoms. The summed E-state index contributed by atoms with van der Waals surface area (Å²) in [5.74, 6) is -0.0876. The zero-order valence-corrected chi connectivity index (χ0v) is 17.9. The Bertz CT molecular complexity index is 996. The van der Waals surface area contributed by atoms with Crippen LogP contribution >= 0.6 is 22.9 Å². The van der Waals surface area contributed by atoms with Gasteiger partial charge in [0.15, 0.2) is 5.13 Å². The Hall–Kier alpha value is -2.21. The monoisotopic (exact) mass is 413 g/mol. The lowest BCUT2D eigenvalue weighted by molar-refractivity contribution is -0.114. The first-order valence-corrected chi connectivity index (χ1v) is 10.4. The second-order valence-electron chi connectivity index (χ2n) is 6.92. The number of hydrogen-bond donors (Lipinski definition) is 0. The SMILES string of the molecule is Cc1cccc2sc(N(CCCN(C)C)C(=O)C=Cc3ccccc3Cl)nc12. The molecule has 0 aliphatic heterocycles. The van der Waals surface area contributed by atoms with Crippen molar-refractivity contribution in [3.8, 4) is 0 Å². The predicted molar refractivity (Wildman–Crippen MR) is 120 cm³/mol. The molecule has 1 aromatic heterocycles. The number of aromatic nitrogens is 1. The molecule has 146 valence electrons. The van der Waals surface area contributed by atoms with Gasteiger partial charge in [-0.1, -0.05) is 53.3 Å². The molecule has 3 rings (SSSR count). The zero-order chi connectivity index (χ0) is 20.1. The summed E-state index contributed by atoms with van der Waals surface area (Å²) in [6.45, 7) is 3.56. The minimum Gasteiger partial charge on any atom is -0.309 e. The van der Waals surface area contributed by atoms with Crippen LogP contribution in [-0.2, 0) is 4.79 Å². The molecule has 0 N–H and O–H groups in total. The number of amides is 1. The van der Waals surface area contributed by atoms with Crippen molar-refractivity contribution in [3.05, 3.63) is 64.7 Å². The largest absolute Gasteiger partial charge is 0.309 e. The highest BCUT2D eigenvalue weighted by molar-refractivity contribution is 7.22. The van der Waals surface area contributed by atoms with Gasteiger partial charge in [0, 0.05) is 17.6 Å². The van der Waals surface area contributed by atoms with Crippen LogP contribution in [-0.4, -0.2) is 43.0 Å². The maximum absolute atomic E-state index is 13.0. The molecule has 0 bridgehead atoms. The van der Waals surface area contributed by atoms with Crippen LogP contribution < -0.4 is 4.90 Å². The standard InChI is InChI=1S/C22H24ClN3OS/c1-16-8-6-11-19-21(16)24-22(28-19)26(15-7-14-25(2)3)20(27)13-12-17-9-4-5-10-18(17)23/h4-6,8-13H,7,14-15H2,1-3H3. The van der Waals surface area contributed by atoms with Gasteiger partial charge in [0.05, 0.1) is 10.2 Å². The first-order valence-electron chi connectivity index (χ1n) is 9.20. The Labute approximate surface area is 175 Å². The van der Waals surface area contributed by atoms with Gasteiger partial charge < -0.3 is 4.90 Å². The normalized spacial score (nSPS) is 11.6. The van der Waals surface area contributed by atoms with Crippen LogP contribution in [0.5, 0.6) is 0 Å². The number of para-hydroxylation sites is 1. The number of anilines is 1. The molecule has 0 atom stereocenters. The summed E-state index contributed by atoms with van der Waals surface area (Å²) >= 11 is 7.75. The second-order valence-corrected chi connectivity index (χ2v) is 8.34. The van der Waals surface area contributed by atoms with E-state index in [0.29, 0.717) is 11.6 Å². The smallest absolute Gasteiger partial charge is 0.252 e. The Morgan fingerprint density at radius 1 is 1.14 bits per heavy atom. The van der Waals surface area contributed by atoms with Crippen molar-refractivity contribution in [2.45, 2.75) is 13.3 Å². The van der Waals surface area contributed by atoms with E-state index in [1.807, 2.05) is 63.5 Å². The first-order chi connectivity index (χ1) is 13.5. The molecule has 0 fully saturated rings.